The van der Waals surface area contributed by atoms with Gasteiger partial charge in [0.2, 0.25) is 5.69 Å². The number of nitrogens with zero attached hydrogens (tertiary/aromatic N) is 4. The molecule has 1 N–H and O–H groups in total. The van der Waals surface area contributed by atoms with Crippen LogP contribution < -0.4 is 21.1 Å². The summed E-state index contributed by atoms with van der Waals surface area (Å²) in [4.78, 5) is 13.0. The maximum Gasteiger partial charge on any atom is 0.343 e. The molecule has 0 aliphatic rings. The summed E-state index contributed by atoms with van der Waals surface area (Å²) in [5, 5.41) is 11.8. The van der Waals surface area contributed by atoms with Gasteiger partial charge in [0.1, 0.15) is 5.69 Å². The Morgan fingerprint density at radius 2 is 1.91 bits per heavy atom. The predicted octanol–water partition coefficient (Wildman–Crippen LogP) is 0.914. The van der Waals surface area contributed by atoms with Crippen LogP contribution in [0.1, 0.15) is 31.2 Å². The number of hydrogen-bond donors (Lipinski definition) is 1. The molecule has 0 aliphatic carbocycles. The van der Waals surface area contributed by atoms with E-state index in [0.29, 0.717) is 11.4 Å². The lowest BCUT2D eigenvalue weighted by molar-refractivity contribution is -0.685. The fourth-order valence-electron chi connectivity index (χ4n) is 2.73. The molecule has 0 bridgehead atoms. The monoisotopic (exact) mass is 313 g/mol. The first-order valence-corrected chi connectivity index (χ1v) is 7.41. The van der Waals surface area contributed by atoms with E-state index < -0.39 is 0 Å². The van der Waals surface area contributed by atoms with Crippen LogP contribution in [-0.2, 0) is 7.05 Å². The van der Waals surface area contributed by atoms with Gasteiger partial charge in [0.15, 0.2) is 0 Å². The number of hydrogen-bond acceptors (Lipinski definition) is 3. The van der Waals surface area contributed by atoms with Crippen molar-refractivity contribution < 1.29 is 9.20 Å². The Bertz CT molecular complexity index is 957. The van der Waals surface area contributed by atoms with Crippen molar-refractivity contribution in [3.8, 4) is 11.4 Å². The third-order valence-electron chi connectivity index (χ3n) is 3.96. The number of para-hydroxylation sites is 1. The maximum absolute atomic E-state index is 13.0. The van der Waals surface area contributed by atoms with Crippen molar-refractivity contribution in [1.29, 1.82) is 5.41 Å². The van der Waals surface area contributed by atoms with E-state index in [1.165, 1.54) is 4.68 Å². The second kappa shape index (κ2) is 5.42. The average Bonchev–Trinajstić information content (AvgIpc) is 2.99. The van der Waals surface area contributed by atoms with Gasteiger partial charge in [-0.15, -0.1) is 0 Å². The first-order chi connectivity index (χ1) is 10.9. The lowest BCUT2D eigenvalue weighted by Gasteiger charge is -2.06. The van der Waals surface area contributed by atoms with Gasteiger partial charge in [-0.3, -0.25) is 14.9 Å². The molecule has 0 unspecified atom stereocenters. The minimum Gasteiger partial charge on any atom is -0.486 e. The van der Waals surface area contributed by atoms with Gasteiger partial charge in [-0.25, -0.2) is 9.95 Å². The molecule has 2 heterocycles. The Hall–Kier alpha value is -2.83. The zero-order valence-corrected chi connectivity index (χ0v) is 13.6. The van der Waals surface area contributed by atoms with Crippen molar-refractivity contribution >= 4 is 0 Å². The van der Waals surface area contributed by atoms with E-state index in [9.17, 15) is 4.79 Å². The van der Waals surface area contributed by atoms with E-state index >= 15 is 0 Å². The molecule has 0 fully saturated rings. The first-order valence-electron chi connectivity index (χ1n) is 7.41. The second-order valence-electron chi connectivity index (χ2n) is 5.76. The third kappa shape index (κ3) is 2.25. The molecule has 0 saturated heterocycles. The summed E-state index contributed by atoms with van der Waals surface area (Å²) < 4.78 is 9.81. The van der Waals surface area contributed by atoms with Crippen LogP contribution in [0.25, 0.3) is 11.4 Å². The number of aromatic nitrogens is 4. The van der Waals surface area contributed by atoms with Crippen molar-refractivity contribution in [2.45, 2.75) is 26.7 Å². The highest BCUT2D eigenvalue weighted by molar-refractivity contribution is 5.35. The van der Waals surface area contributed by atoms with E-state index in [0.717, 1.165) is 11.4 Å². The molecule has 7 nitrogen and oxygen atoms in total. The summed E-state index contributed by atoms with van der Waals surface area (Å²) in [6.07, 6.45) is 0. The van der Waals surface area contributed by atoms with Gasteiger partial charge in [0.05, 0.1) is 5.69 Å². The van der Waals surface area contributed by atoms with Crippen molar-refractivity contribution in [3.63, 3.8) is 0 Å². The maximum atomic E-state index is 13.0. The van der Waals surface area contributed by atoms with Crippen molar-refractivity contribution in [2.75, 3.05) is 0 Å². The smallest absolute Gasteiger partial charge is 0.343 e. The van der Waals surface area contributed by atoms with E-state index in [1.807, 2.05) is 58.2 Å². The van der Waals surface area contributed by atoms with Crippen molar-refractivity contribution in [1.82, 2.24) is 14.6 Å². The highest BCUT2D eigenvalue weighted by atomic mass is 16.5. The molecule has 2 aromatic heterocycles. The van der Waals surface area contributed by atoms with Gasteiger partial charge < -0.3 is 4.52 Å². The molecule has 0 saturated carbocycles. The summed E-state index contributed by atoms with van der Waals surface area (Å²) in [5.74, 6) is 0.0120. The molecule has 7 heteroatoms. The summed E-state index contributed by atoms with van der Waals surface area (Å²) >= 11 is 0. The fraction of sp³-hybridized carbons (Fsp3) is 0.312. The van der Waals surface area contributed by atoms with E-state index in [1.54, 1.807) is 9.36 Å². The standard InChI is InChI=1S/C16H19N5O2/c1-10(2)13-15(17)23-18-20(13)14-11(3)19(4)21(16(14)22)12-8-6-5-7-9-12/h5-10,17H,1-4H3. The molecule has 0 aliphatic heterocycles. The molecule has 3 rings (SSSR count). The molecule has 120 valence electrons. The molecule has 0 radical (unpaired) electrons. The van der Waals surface area contributed by atoms with Crippen LogP contribution in [0.2, 0.25) is 0 Å². The van der Waals surface area contributed by atoms with Crippen LogP contribution >= 0.6 is 0 Å². The van der Waals surface area contributed by atoms with Crippen LogP contribution in [0.4, 0.5) is 0 Å². The Morgan fingerprint density at radius 3 is 2.52 bits per heavy atom. The number of rotatable bonds is 3. The zero-order valence-electron chi connectivity index (χ0n) is 13.6. The Balaban J connectivity index is 2.32. The Morgan fingerprint density at radius 1 is 1.26 bits per heavy atom. The Labute approximate surface area is 132 Å². The fourth-order valence-corrected chi connectivity index (χ4v) is 2.73. The van der Waals surface area contributed by atoms with E-state index in [-0.39, 0.29) is 17.0 Å². The summed E-state index contributed by atoms with van der Waals surface area (Å²) in [6, 6.07) is 9.42. The molecule has 3 aromatic rings. The SMILES string of the molecule is Cc1c(-[n+]2[n-]oc(=N)c2C(C)C)c(=O)n(-c2ccccc2)n1C. The summed E-state index contributed by atoms with van der Waals surface area (Å²) in [7, 11) is 1.82. The highest BCUT2D eigenvalue weighted by Gasteiger charge is 2.27. The van der Waals surface area contributed by atoms with Crippen LogP contribution in [0.3, 0.4) is 0 Å². The van der Waals surface area contributed by atoms with Gasteiger partial charge in [-0.2, -0.15) is 4.68 Å². The molecule has 0 amide bonds. The normalized spacial score (nSPS) is 11.3. The van der Waals surface area contributed by atoms with Crippen LogP contribution in [-0.4, -0.2) is 9.36 Å². The minimum absolute atomic E-state index is 0.0120. The van der Waals surface area contributed by atoms with Gasteiger partial charge in [0, 0.05) is 13.0 Å². The molecule has 1 aromatic carbocycles. The van der Waals surface area contributed by atoms with Crippen molar-refractivity contribution in [2.24, 2.45) is 7.05 Å². The molecular weight excluding hydrogens is 294 g/mol. The first kappa shape index (κ1) is 15.1. The quantitative estimate of drug-likeness (QED) is 0.730. The molecule has 23 heavy (non-hydrogen) atoms. The number of nitrogens with one attached hydrogen (secondary N) is 1. The van der Waals surface area contributed by atoms with Crippen LogP contribution in [0, 0.1) is 12.3 Å². The largest absolute Gasteiger partial charge is 0.486 e. The topological polar surface area (TPSA) is 81.9 Å². The third-order valence-corrected chi connectivity index (χ3v) is 3.96. The lowest BCUT2D eigenvalue weighted by Crippen LogP contribution is -2.45. The predicted molar refractivity (Wildman–Crippen MR) is 82.8 cm³/mol. The van der Waals surface area contributed by atoms with Crippen LogP contribution in [0.15, 0.2) is 39.6 Å². The second-order valence-corrected chi connectivity index (χ2v) is 5.76. The molecule has 0 spiro atoms. The molecular formula is C16H19N5O2. The van der Waals surface area contributed by atoms with E-state index in [2.05, 4.69) is 5.27 Å². The average molecular weight is 313 g/mol. The number of benzene rings is 1. The van der Waals surface area contributed by atoms with Gasteiger partial charge >= 0.3 is 5.56 Å². The Kier molecular flexibility index (Phi) is 3.55. The molecule has 0 atom stereocenters. The highest BCUT2D eigenvalue weighted by Crippen LogP contribution is 2.11. The van der Waals surface area contributed by atoms with Gasteiger partial charge in [-0.05, 0) is 19.1 Å². The van der Waals surface area contributed by atoms with E-state index in [4.69, 9.17) is 9.93 Å². The van der Waals surface area contributed by atoms with Gasteiger partial charge in [-0.1, -0.05) is 32.0 Å². The summed E-state index contributed by atoms with van der Waals surface area (Å²) in [6.45, 7) is 5.73. The summed E-state index contributed by atoms with van der Waals surface area (Å²) in [5.41, 5.74) is 2.29. The minimum atomic E-state index is -0.198. The zero-order chi connectivity index (χ0) is 16.7. The lowest BCUT2D eigenvalue weighted by atomic mass is 10.1. The van der Waals surface area contributed by atoms with Crippen LogP contribution in [0.5, 0.6) is 0 Å². The van der Waals surface area contributed by atoms with Gasteiger partial charge in [0.25, 0.3) is 11.2 Å². The van der Waals surface area contributed by atoms with Crippen molar-refractivity contribution in [3.05, 3.63) is 57.6 Å².